The number of fused-ring (bicyclic) bond motifs is 1. The van der Waals surface area contributed by atoms with Crippen LogP contribution >= 0.6 is 0 Å². The van der Waals surface area contributed by atoms with Crippen LogP contribution in [0.2, 0.25) is 0 Å². The van der Waals surface area contributed by atoms with Gasteiger partial charge in [0.05, 0.1) is 24.7 Å². The number of aromatic nitrogens is 2. The summed E-state index contributed by atoms with van der Waals surface area (Å²) in [5.74, 6) is 1.50. The Morgan fingerprint density at radius 1 is 1.27 bits per heavy atom. The summed E-state index contributed by atoms with van der Waals surface area (Å²) in [6, 6.07) is 0.140. The van der Waals surface area contributed by atoms with Gasteiger partial charge < -0.3 is 9.30 Å². The number of sulfone groups is 1. The van der Waals surface area contributed by atoms with Gasteiger partial charge in [-0.2, -0.15) is 0 Å². The molecule has 0 aliphatic carbocycles. The van der Waals surface area contributed by atoms with Crippen molar-refractivity contribution in [1.29, 1.82) is 0 Å². The topological polar surface area (TPSA) is 67.7 Å². The van der Waals surface area contributed by atoms with E-state index in [0.717, 1.165) is 25.5 Å². The molecule has 0 aromatic carbocycles. The van der Waals surface area contributed by atoms with Crippen molar-refractivity contribution in [3.05, 3.63) is 18.2 Å². The highest BCUT2D eigenvalue weighted by Gasteiger charge is 2.46. The van der Waals surface area contributed by atoms with Gasteiger partial charge in [0.15, 0.2) is 9.84 Å². The van der Waals surface area contributed by atoms with Gasteiger partial charge in [-0.3, -0.25) is 9.80 Å². The Bertz CT molecular complexity index is 615. The summed E-state index contributed by atoms with van der Waals surface area (Å²) in [5.41, 5.74) is 0. The van der Waals surface area contributed by atoms with Crippen LogP contribution in [0.3, 0.4) is 0 Å². The number of methoxy groups -OCH3 is 1. The first kappa shape index (κ1) is 15.9. The Morgan fingerprint density at radius 2 is 1.95 bits per heavy atom. The first-order valence-electron chi connectivity index (χ1n) is 7.64. The summed E-state index contributed by atoms with van der Waals surface area (Å²) >= 11 is 0. The molecule has 0 bridgehead atoms. The maximum Gasteiger partial charge on any atom is 0.153 e. The second kappa shape index (κ2) is 6.27. The highest BCUT2D eigenvalue weighted by molar-refractivity contribution is 7.91. The van der Waals surface area contributed by atoms with Crippen LogP contribution in [0.15, 0.2) is 12.4 Å². The number of hydrogen-bond donors (Lipinski definition) is 0. The summed E-state index contributed by atoms with van der Waals surface area (Å²) in [5, 5.41) is 0. The van der Waals surface area contributed by atoms with Gasteiger partial charge in [0.25, 0.3) is 0 Å². The molecule has 0 amide bonds. The van der Waals surface area contributed by atoms with Gasteiger partial charge >= 0.3 is 0 Å². The maximum absolute atomic E-state index is 12.1. The fourth-order valence-electron chi connectivity index (χ4n) is 3.51. The lowest BCUT2D eigenvalue weighted by Gasteiger charge is -2.43. The largest absolute Gasteiger partial charge is 0.383 e. The molecule has 22 heavy (non-hydrogen) atoms. The summed E-state index contributed by atoms with van der Waals surface area (Å²) in [6.45, 7) is 3.89. The van der Waals surface area contributed by atoms with Crippen LogP contribution in [-0.4, -0.2) is 84.7 Å². The summed E-state index contributed by atoms with van der Waals surface area (Å²) in [4.78, 5) is 8.92. The third kappa shape index (κ3) is 3.19. The lowest BCUT2D eigenvalue weighted by Crippen LogP contribution is -2.59. The van der Waals surface area contributed by atoms with Crippen LogP contribution in [-0.2, 0) is 28.2 Å². The minimum absolute atomic E-state index is 0.0623. The Labute approximate surface area is 131 Å². The van der Waals surface area contributed by atoms with Gasteiger partial charge in [0.1, 0.15) is 5.82 Å². The van der Waals surface area contributed by atoms with Crippen molar-refractivity contribution in [2.24, 2.45) is 7.05 Å². The Kier molecular flexibility index (Phi) is 4.54. The van der Waals surface area contributed by atoms with Crippen molar-refractivity contribution in [3.8, 4) is 0 Å². The minimum atomic E-state index is -2.96. The van der Waals surface area contributed by atoms with Crippen molar-refractivity contribution in [1.82, 2.24) is 19.4 Å². The average Bonchev–Trinajstić information content (AvgIpc) is 3.01. The van der Waals surface area contributed by atoms with Gasteiger partial charge in [-0.15, -0.1) is 0 Å². The molecular weight excluding hydrogens is 304 g/mol. The van der Waals surface area contributed by atoms with Crippen LogP contribution in [0.5, 0.6) is 0 Å². The number of imidazole rings is 1. The molecule has 7 nitrogen and oxygen atoms in total. The molecule has 8 heteroatoms. The highest BCUT2D eigenvalue weighted by atomic mass is 32.2. The van der Waals surface area contributed by atoms with Crippen LogP contribution in [0.1, 0.15) is 5.82 Å². The smallest absolute Gasteiger partial charge is 0.153 e. The Hall–Kier alpha value is -0.960. The molecule has 2 atom stereocenters. The van der Waals surface area contributed by atoms with Crippen molar-refractivity contribution < 1.29 is 13.2 Å². The van der Waals surface area contributed by atoms with Gasteiger partial charge in [0, 0.05) is 58.3 Å². The quantitative estimate of drug-likeness (QED) is 0.716. The predicted octanol–water partition coefficient (Wildman–Crippen LogP) is -0.650. The first-order valence-corrected chi connectivity index (χ1v) is 9.46. The summed E-state index contributed by atoms with van der Waals surface area (Å²) < 4.78 is 31.4. The van der Waals surface area contributed by atoms with E-state index in [-0.39, 0.29) is 23.6 Å². The standard InChI is InChI=1S/C14H24N4O3S/c1-16-4-3-15-14(16)9-18-6-5-17(7-8-21-2)12-10-22(19,20)11-13(12)18/h3-4,12-13H,5-11H2,1-2H3/t12-,13+/m1/s1. The molecule has 2 aliphatic heterocycles. The van der Waals surface area contributed by atoms with Crippen molar-refractivity contribution >= 4 is 9.84 Å². The molecule has 3 rings (SSSR count). The number of piperazine rings is 1. The molecule has 0 N–H and O–H groups in total. The zero-order valence-corrected chi connectivity index (χ0v) is 14.0. The fourth-order valence-corrected chi connectivity index (χ4v) is 5.55. The molecule has 0 radical (unpaired) electrons. The van der Waals surface area contributed by atoms with E-state index in [1.807, 2.05) is 17.8 Å². The lowest BCUT2D eigenvalue weighted by atomic mass is 10.0. The van der Waals surface area contributed by atoms with E-state index in [9.17, 15) is 8.42 Å². The van der Waals surface area contributed by atoms with E-state index in [2.05, 4.69) is 14.8 Å². The van der Waals surface area contributed by atoms with E-state index in [1.54, 1.807) is 13.3 Å². The Morgan fingerprint density at radius 3 is 2.59 bits per heavy atom. The third-order valence-electron chi connectivity index (χ3n) is 4.75. The van der Waals surface area contributed by atoms with E-state index in [0.29, 0.717) is 13.2 Å². The van der Waals surface area contributed by atoms with Crippen molar-refractivity contribution in [2.45, 2.75) is 18.6 Å². The number of ether oxygens (including phenoxy) is 1. The van der Waals surface area contributed by atoms with Gasteiger partial charge in [-0.1, -0.05) is 0 Å². The fraction of sp³-hybridized carbons (Fsp3) is 0.786. The van der Waals surface area contributed by atoms with Crippen LogP contribution in [0.25, 0.3) is 0 Å². The molecule has 124 valence electrons. The number of nitrogens with zero attached hydrogens (tertiary/aromatic N) is 4. The minimum Gasteiger partial charge on any atom is -0.383 e. The predicted molar refractivity (Wildman–Crippen MR) is 83.3 cm³/mol. The van der Waals surface area contributed by atoms with Crippen LogP contribution in [0, 0.1) is 0 Å². The second-order valence-corrected chi connectivity index (χ2v) is 8.32. The normalized spacial score (nSPS) is 28.8. The van der Waals surface area contributed by atoms with Gasteiger partial charge in [-0.25, -0.2) is 13.4 Å². The molecule has 2 aliphatic rings. The van der Waals surface area contributed by atoms with E-state index in [4.69, 9.17) is 4.74 Å². The summed E-state index contributed by atoms with van der Waals surface area (Å²) in [7, 11) is 0.693. The van der Waals surface area contributed by atoms with E-state index >= 15 is 0 Å². The Balaban J connectivity index is 1.76. The molecular formula is C14H24N4O3S. The lowest BCUT2D eigenvalue weighted by molar-refractivity contribution is 0.0237. The molecule has 2 saturated heterocycles. The number of rotatable bonds is 5. The van der Waals surface area contributed by atoms with E-state index < -0.39 is 9.84 Å². The van der Waals surface area contributed by atoms with Crippen molar-refractivity contribution in [3.63, 3.8) is 0 Å². The first-order chi connectivity index (χ1) is 10.5. The molecule has 0 saturated carbocycles. The molecule has 0 spiro atoms. The molecule has 1 aromatic heterocycles. The number of aryl methyl sites for hydroxylation is 1. The highest BCUT2D eigenvalue weighted by Crippen LogP contribution is 2.27. The van der Waals surface area contributed by atoms with Crippen LogP contribution in [0.4, 0.5) is 0 Å². The molecule has 3 heterocycles. The van der Waals surface area contributed by atoms with Gasteiger partial charge in [0.2, 0.25) is 0 Å². The zero-order valence-electron chi connectivity index (χ0n) is 13.2. The average molecular weight is 328 g/mol. The van der Waals surface area contributed by atoms with E-state index in [1.165, 1.54) is 0 Å². The zero-order chi connectivity index (χ0) is 15.7. The molecule has 1 aromatic rings. The SMILES string of the molecule is COCCN1CCN(Cc2nccn2C)[C@H]2CS(=O)(=O)C[C@H]21. The second-order valence-electron chi connectivity index (χ2n) is 6.17. The number of hydrogen-bond acceptors (Lipinski definition) is 6. The van der Waals surface area contributed by atoms with Crippen LogP contribution < -0.4 is 0 Å². The summed E-state index contributed by atoms with van der Waals surface area (Å²) in [6.07, 6.45) is 3.71. The monoisotopic (exact) mass is 328 g/mol. The third-order valence-corrected chi connectivity index (χ3v) is 6.45. The van der Waals surface area contributed by atoms with Gasteiger partial charge in [-0.05, 0) is 0 Å². The maximum atomic E-state index is 12.1. The molecule has 2 fully saturated rings. The molecule has 0 unspecified atom stereocenters. The van der Waals surface area contributed by atoms with Crippen molar-refractivity contribution in [2.75, 3.05) is 44.9 Å².